The summed E-state index contributed by atoms with van der Waals surface area (Å²) in [6, 6.07) is 0.200. The highest BCUT2D eigenvalue weighted by Crippen LogP contribution is 2.18. The van der Waals surface area contributed by atoms with E-state index in [9.17, 15) is 13.2 Å². The van der Waals surface area contributed by atoms with E-state index in [0.29, 0.717) is 32.0 Å². The first kappa shape index (κ1) is 13.8. The maximum absolute atomic E-state index is 11.5. The van der Waals surface area contributed by atoms with Crippen molar-refractivity contribution in [2.75, 3.05) is 32.4 Å². The predicted molar refractivity (Wildman–Crippen MR) is 68.6 cm³/mol. The molecule has 2 N–H and O–H groups in total. The molecule has 0 bridgehead atoms. The zero-order chi connectivity index (χ0) is 13.2. The molecule has 6 nitrogen and oxygen atoms in total. The quantitative estimate of drug-likeness (QED) is 0.699. The summed E-state index contributed by atoms with van der Waals surface area (Å²) in [7, 11) is -3.07. The molecule has 2 aliphatic heterocycles. The summed E-state index contributed by atoms with van der Waals surface area (Å²) in [5.41, 5.74) is 0. The number of piperidine rings is 1. The Morgan fingerprint density at radius 2 is 2.28 bits per heavy atom. The van der Waals surface area contributed by atoms with Crippen LogP contribution in [-0.2, 0) is 14.8 Å². The summed E-state index contributed by atoms with van der Waals surface area (Å²) >= 11 is 0. The highest BCUT2D eigenvalue weighted by molar-refractivity contribution is 7.88. The van der Waals surface area contributed by atoms with Crippen LogP contribution >= 0.6 is 0 Å². The Balaban J connectivity index is 1.78. The first-order valence-electron chi connectivity index (χ1n) is 6.40. The van der Waals surface area contributed by atoms with E-state index in [2.05, 4.69) is 10.6 Å². The molecule has 2 saturated heterocycles. The van der Waals surface area contributed by atoms with Gasteiger partial charge in [-0.1, -0.05) is 0 Å². The molecule has 0 aromatic rings. The fraction of sp³-hybridized carbons (Fsp3) is 0.909. The number of hydrogen-bond donors (Lipinski definition) is 2. The van der Waals surface area contributed by atoms with E-state index in [1.54, 1.807) is 4.31 Å². The molecule has 0 aliphatic carbocycles. The Labute approximate surface area is 108 Å². The molecule has 2 atom stereocenters. The third-order valence-corrected chi connectivity index (χ3v) is 4.89. The van der Waals surface area contributed by atoms with Gasteiger partial charge in [-0.15, -0.1) is 0 Å². The standard InChI is InChI=1S/C11H21N3O3S/c1-18(16,17)14-4-2-3-9(8-14)6-12-10-5-11(15)13-7-10/h9-10,12H,2-8H2,1H3,(H,13,15). The molecule has 0 saturated carbocycles. The predicted octanol–water partition coefficient (Wildman–Crippen LogP) is -0.864. The van der Waals surface area contributed by atoms with Gasteiger partial charge in [0.1, 0.15) is 0 Å². The van der Waals surface area contributed by atoms with Crippen molar-refractivity contribution in [2.24, 2.45) is 5.92 Å². The summed E-state index contributed by atoms with van der Waals surface area (Å²) in [6.07, 6.45) is 3.76. The number of amides is 1. The zero-order valence-electron chi connectivity index (χ0n) is 10.7. The van der Waals surface area contributed by atoms with Gasteiger partial charge in [0.2, 0.25) is 15.9 Å². The van der Waals surface area contributed by atoms with E-state index in [0.717, 1.165) is 19.4 Å². The van der Waals surface area contributed by atoms with Crippen LogP contribution in [0, 0.1) is 5.92 Å². The van der Waals surface area contributed by atoms with Crippen molar-refractivity contribution >= 4 is 15.9 Å². The van der Waals surface area contributed by atoms with Crippen molar-refractivity contribution in [3.63, 3.8) is 0 Å². The number of carbonyl (C=O) groups excluding carboxylic acids is 1. The van der Waals surface area contributed by atoms with E-state index in [4.69, 9.17) is 0 Å². The number of carbonyl (C=O) groups is 1. The molecule has 0 spiro atoms. The molecule has 2 rings (SSSR count). The molecule has 0 aromatic carbocycles. The highest BCUT2D eigenvalue weighted by atomic mass is 32.2. The van der Waals surface area contributed by atoms with Gasteiger partial charge < -0.3 is 10.6 Å². The Morgan fingerprint density at radius 3 is 2.89 bits per heavy atom. The topological polar surface area (TPSA) is 78.5 Å². The van der Waals surface area contributed by atoms with Crippen molar-refractivity contribution in [3.05, 3.63) is 0 Å². The number of nitrogens with zero attached hydrogens (tertiary/aromatic N) is 1. The lowest BCUT2D eigenvalue weighted by atomic mass is 9.99. The van der Waals surface area contributed by atoms with Crippen LogP contribution in [0.5, 0.6) is 0 Å². The van der Waals surface area contributed by atoms with E-state index in [-0.39, 0.29) is 11.9 Å². The lowest BCUT2D eigenvalue weighted by Crippen LogP contribution is -2.44. The highest BCUT2D eigenvalue weighted by Gasteiger charge is 2.27. The van der Waals surface area contributed by atoms with Crippen LogP contribution in [0.15, 0.2) is 0 Å². The maximum Gasteiger partial charge on any atom is 0.221 e. The van der Waals surface area contributed by atoms with Gasteiger partial charge in [0.25, 0.3) is 0 Å². The fourth-order valence-electron chi connectivity index (χ4n) is 2.58. The summed E-state index contributed by atoms with van der Waals surface area (Å²) in [4.78, 5) is 11.0. The average Bonchev–Trinajstić information content (AvgIpc) is 2.72. The molecule has 18 heavy (non-hydrogen) atoms. The minimum absolute atomic E-state index is 0.0916. The first-order valence-corrected chi connectivity index (χ1v) is 8.25. The van der Waals surface area contributed by atoms with Gasteiger partial charge in [0.05, 0.1) is 6.26 Å². The smallest absolute Gasteiger partial charge is 0.221 e. The van der Waals surface area contributed by atoms with Crippen LogP contribution in [0.4, 0.5) is 0 Å². The van der Waals surface area contributed by atoms with Crippen LogP contribution in [0.2, 0.25) is 0 Å². The molecule has 2 aliphatic rings. The van der Waals surface area contributed by atoms with Gasteiger partial charge in [-0.2, -0.15) is 0 Å². The summed E-state index contributed by atoms with van der Waals surface area (Å²) in [6.45, 7) is 2.70. The Hall–Kier alpha value is -0.660. The van der Waals surface area contributed by atoms with Crippen LogP contribution in [-0.4, -0.2) is 57.1 Å². The Kier molecular flexibility index (Phi) is 4.24. The van der Waals surface area contributed by atoms with Gasteiger partial charge in [-0.05, 0) is 25.3 Å². The summed E-state index contributed by atoms with van der Waals surface area (Å²) in [5, 5.41) is 6.13. The molecular weight excluding hydrogens is 254 g/mol. The van der Waals surface area contributed by atoms with E-state index >= 15 is 0 Å². The van der Waals surface area contributed by atoms with Gasteiger partial charge in [-0.3, -0.25) is 4.79 Å². The second-order valence-corrected chi connectivity index (χ2v) is 7.23. The van der Waals surface area contributed by atoms with Crippen molar-refractivity contribution in [3.8, 4) is 0 Å². The lowest BCUT2D eigenvalue weighted by Gasteiger charge is -2.31. The van der Waals surface area contributed by atoms with E-state index in [1.165, 1.54) is 6.26 Å². The van der Waals surface area contributed by atoms with Crippen LogP contribution in [0.3, 0.4) is 0 Å². The molecule has 0 aromatic heterocycles. The lowest BCUT2D eigenvalue weighted by molar-refractivity contribution is -0.119. The van der Waals surface area contributed by atoms with Crippen molar-refractivity contribution in [1.29, 1.82) is 0 Å². The molecule has 2 heterocycles. The minimum atomic E-state index is -3.07. The van der Waals surface area contributed by atoms with Gasteiger partial charge >= 0.3 is 0 Å². The summed E-state index contributed by atoms with van der Waals surface area (Å²) in [5.74, 6) is 0.443. The molecule has 2 fully saturated rings. The van der Waals surface area contributed by atoms with E-state index in [1.807, 2.05) is 0 Å². The maximum atomic E-state index is 11.5. The third-order valence-electron chi connectivity index (χ3n) is 3.62. The zero-order valence-corrected chi connectivity index (χ0v) is 11.5. The molecule has 104 valence electrons. The fourth-order valence-corrected chi connectivity index (χ4v) is 3.52. The Bertz CT molecular complexity index is 410. The Morgan fingerprint density at radius 1 is 1.50 bits per heavy atom. The van der Waals surface area contributed by atoms with Gasteiger partial charge in [0, 0.05) is 32.1 Å². The normalized spacial score (nSPS) is 30.4. The van der Waals surface area contributed by atoms with Crippen molar-refractivity contribution in [1.82, 2.24) is 14.9 Å². The molecule has 2 unspecified atom stereocenters. The van der Waals surface area contributed by atoms with Crippen LogP contribution < -0.4 is 10.6 Å². The number of nitrogens with one attached hydrogen (secondary N) is 2. The van der Waals surface area contributed by atoms with E-state index < -0.39 is 10.0 Å². The van der Waals surface area contributed by atoms with Gasteiger partial charge in [-0.25, -0.2) is 12.7 Å². The molecule has 0 radical (unpaired) electrons. The molecular formula is C11H21N3O3S. The SMILES string of the molecule is CS(=O)(=O)N1CCCC(CNC2CNC(=O)C2)C1. The largest absolute Gasteiger partial charge is 0.354 e. The minimum Gasteiger partial charge on any atom is -0.354 e. The van der Waals surface area contributed by atoms with Crippen LogP contribution in [0.1, 0.15) is 19.3 Å². The second kappa shape index (κ2) is 5.54. The number of sulfonamides is 1. The van der Waals surface area contributed by atoms with Crippen LogP contribution in [0.25, 0.3) is 0 Å². The second-order valence-electron chi connectivity index (χ2n) is 5.24. The monoisotopic (exact) mass is 275 g/mol. The molecule has 1 amide bonds. The van der Waals surface area contributed by atoms with Crippen molar-refractivity contribution < 1.29 is 13.2 Å². The average molecular weight is 275 g/mol. The van der Waals surface area contributed by atoms with Crippen molar-refractivity contribution in [2.45, 2.75) is 25.3 Å². The number of rotatable bonds is 4. The summed E-state index contributed by atoms with van der Waals surface area (Å²) < 4.78 is 24.5. The van der Waals surface area contributed by atoms with Gasteiger partial charge in [0.15, 0.2) is 0 Å². The number of hydrogen-bond acceptors (Lipinski definition) is 4. The third kappa shape index (κ3) is 3.66. The molecule has 7 heteroatoms. The first-order chi connectivity index (χ1) is 8.45.